The summed E-state index contributed by atoms with van der Waals surface area (Å²) in [6.07, 6.45) is 3.00. The normalized spacial score (nSPS) is 21.7. The van der Waals surface area contributed by atoms with Gasteiger partial charge in [0.1, 0.15) is 5.82 Å². The van der Waals surface area contributed by atoms with Crippen LogP contribution in [0.15, 0.2) is 6.20 Å². The first-order chi connectivity index (χ1) is 6.36. The van der Waals surface area contributed by atoms with Gasteiger partial charge >= 0.3 is 0 Å². The highest BCUT2D eigenvalue weighted by Gasteiger charge is 2.28. The van der Waals surface area contributed by atoms with Crippen LogP contribution in [0.3, 0.4) is 0 Å². The summed E-state index contributed by atoms with van der Waals surface area (Å²) in [4.78, 5) is 2.27. The van der Waals surface area contributed by atoms with Crippen LogP contribution in [-0.2, 0) is 6.54 Å². The second kappa shape index (κ2) is 3.33. The molecule has 5 nitrogen and oxygen atoms in total. The first-order valence-electron chi connectivity index (χ1n) is 4.72. The lowest BCUT2D eigenvalue weighted by molar-refractivity contribution is 0.438. The minimum absolute atomic E-state index is 0.490. The third-order valence-corrected chi connectivity index (χ3v) is 2.61. The number of nitrogens with zero attached hydrogens (tertiary/aromatic N) is 4. The molecule has 1 aliphatic heterocycles. The summed E-state index contributed by atoms with van der Waals surface area (Å²) >= 11 is 0. The summed E-state index contributed by atoms with van der Waals surface area (Å²) < 4.78 is 1.90. The molecule has 1 aliphatic rings. The van der Waals surface area contributed by atoms with E-state index in [2.05, 4.69) is 22.1 Å². The quantitative estimate of drug-likeness (QED) is 0.703. The fourth-order valence-electron chi connectivity index (χ4n) is 1.69. The van der Waals surface area contributed by atoms with E-state index in [-0.39, 0.29) is 0 Å². The van der Waals surface area contributed by atoms with E-state index in [1.807, 2.05) is 10.9 Å². The van der Waals surface area contributed by atoms with Crippen LogP contribution in [0.4, 0.5) is 5.82 Å². The molecule has 2 heterocycles. The molecule has 0 aromatic carbocycles. The zero-order chi connectivity index (χ0) is 9.26. The van der Waals surface area contributed by atoms with E-state index in [0.717, 1.165) is 25.5 Å². The highest BCUT2D eigenvalue weighted by Crippen LogP contribution is 2.24. The molecule has 0 aliphatic carbocycles. The highest BCUT2D eigenvalue weighted by atomic mass is 15.5. The molecular formula is C8H15N5. The van der Waals surface area contributed by atoms with Crippen LogP contribution >= 0.6 is 0 Å². The summed E-state index contributed by atoms with van der Waals surface area (Å²) in [5.74, 6) is 1.10. The predicted molar refractivity (Wildman–Crippen MR) is 50.5 cm³/mol. The molecule has 2 N–H and O–H groups in total. The van der Waals surface area contributed by atoms with E-state index in [9.17, 15) is 0 Å². The summed E-state index contributed by atoms with van der Waals surface area (Å²) in [6, 6.07) is 0.490. The van der Waals surface area contributed by atoms with Crippen LogP contribution in [0.25, 0.3) is 0 Å². The van der Waals surface area contributed by atoms with Crippen LogP contribution in [0.1, 0.15) is 13.3 Å². The molecule has 13 heavy (non-hydrogen) atoms. The summed E-state index contributed by atoms with van der Waals surface area (Å²) in [5.41, 5.74) is 5.63. The molecule has 5 heteroatoms. The smallest absolute Gasteiger partial charge is 0.147 e. The molecule has 1 aromatic rings. The topological polar surface area (TPSA) is 60.0 Å². The predicted octanol–water partition coefficient (Wildman–Crippen LogP) is -0.165. The Labute approximate surface area is 77.5 Å². The lowest BCUT2D eigenvalue weighted by Gasteiger charge is -2.41. The Morgan fingerprint density at radius 1 is 1.69 bits per heavy atom. The number of hydrogen-bond donors (Lipinski definition) is 1. The van der Waals surface area contributed by atoms with Gasteiger partial charge in [-0.15, -0.1) is 5.10 Å². The van der Waals surface area contributed by atoms with Gasteiger partial charge in [-0.3, -0.25) is 0 Å². The monoisotopic (exact) mass is 181 g/mol. The van der Waals surface area contributed by atoms with E-state index in [4.69, 9.17) is 5.73 Å². The van der Waals surface area contributed by atoms with Crippen molar-refractivity contribution in [3.05, 3.63) is 6.20 Å². The van der Waals surface area contributed by atoms with Crippen LogP contribution in [0.5, 0.6) is 0 Å². The van der Waals surface area contributed by atoms with Crippen molar-refractivity contribution in [2.75, 3.05) is 18.0 Å². The molecule has 1 aromatic heterocycles. The molecular weight excluding hydrogens is 166 g/mol. The van der Waals surface area contributed by atoms with Crippen molar-refractivity contribution < 1.29 is 0 Å². The number of hydrogen-bond acceptors (Lipinski definition) is 4. The SMILES string of the molecule is CCn1nncc1N1CCC1CN. The van der Waals surface area contributed by atoms with Gasteiger partial charge in [0.2, 0.25) is 0 Å². The van der Waals surface area contributed by atoms with Crippen molar-refractivity contribution in [3.8, 4) is 0 Å². The van der Waals surface area contributed by atoms with E-state index in [1.165, 1.54) is 6.42 Å². The molecule has 0 radical (unpaired) electrons. The molecule has 1 unspecified atom stereocenters. The van der Waals surface area contributed by atoms with Crippen molar-refractivity contribution in [2.24, 2.45) is 5.73 Å². The zero-order valence-corrected chi connectivity index (χ0v) is 7.85. The Bertz CT molecular complexity index is 280. The minimum atomic E-state index is 0.490. The molecule has 1 atom stereocenters. The fourth-order valence-corrected chi connectivity index (χ4v) is 1.69. The van der Waals surface area contributed by atoms with Crippen LogP contribution < -0.4 is 10.6 Å². The Morgan fingerprint density at radius 3 is 3.08 bits per heavy atom. The number of anilines is 1. The second-order valence-corrected chi connectivity index (χ2v) is 3.28. The maximum Gasteiger partial charge on any atom is 0.147 e. The fraction of sp³-hybridized carbons (Fsp3) is 0.750. The number of rotatable bonds is 3. The van der Waals surface area contributed by atoms with Crippen molar-refractivity contribution in [1.82, 2.24) is 15.0 Å². The third kappa shape index (κ3) is 1.29. The lowest BCUT2D eigenvalue weighted by atomic mass is 10.0. The second-order valence-electron chi connectivity index (χ2n) is 3.28. The van der Waals surface area contributed by atoms with Gasteiger partial charge in [0.15, 0.2) is 0 Å². The Balaban J connectivity index is 2.15. The molecule has 72 valence electrons. The standard InChI is InChI=1S/C8H15N5/c1-2-13-8(6-10-11-13)12-4-3-7(12)5-9/h6-7H,2-5,9H2,1H3. The van der Waals surface area contributed by atoms with Gasteiger partial charge < -0.3 is 10.6 Å². The minimum Gasteiger partial charge on any atom is -0.351 e. The summed E-state index contributed by atoms with van der Waals surface area (Å²) in [7, 11) is 0. The molecule has 0 spiro atoms. The number of aryl methyl sites for hydroxylation is 1. The first-order valence-corrected chi connectivity index (χ1v) is 4.72. The molecule has 0 saturated carbocycles. The van der Waals surface area contributed by atoms with Gasteiger partial charge in [-0.2, -0.15) is 0 Å². The van der Waals surface area contributed by atoms with Gasteiger partial charge in [-0.1, -0.05) is 5.21 Å². The highest BCUT2D eigenvalue weighted by molar-refractivity contribution is 5.41. The third-order valence-electron chi connectivity index (χ3n) is 2.61. The maximum absolute atomic E-state index is 5.63. The van der Waals surface area contributed by atoms with Crippen molar-refractivity contribution in [1.29, 1.82) is 0 Å². The summed E-state index contributed by atoms with van der Waals surface area (Å²) in [6.45, 7) is 4.72. The van der Waals surface area contributed by atoms with Crippen molar-refractivity contribution in [3.63, 3.8) is 0 Å². The first kappa shape index (κ1) is 8.50. The van der Waals surface area contributed by atoms with E-state index >= 15 is 0 Å². The Kier molecular flexibility index (Phi) is 2.18. The van der Waals surface area contributed by atoms with Crippen LogP contribution in [-0.4, -0.2) is 34.1 Å². The van der Waals surface area contributed by atoms with Crippen molar-refractivity contribution in [2.45, 2.75) is 25.9 Å². The summed E-state index contributed by atoms with van der Waals surface area (Å²) in [5, 5.41) is 7.89. The molecule has 0 amide bonds. The molecule has 1 saturated heterocycles. The van der Waals surface area contributed by atoms with Crippen LogP contribution in [0.2, 0.25) is 0 Å². The Hall–Kier alpha value is -1.10. The van der Waals surface area contributed by atoms with Crippen molar-refractivity contribution >= 4 is 5.82 Å². The van der Waals surface area contributed by atoms with Gasteiger partial charge in [-0.25, -0.2) is 4.68 Å². The van der Waals surface area contributed by atoms with Gasteiger partial charge in [-0.05, 0) is 13.3 Å². The average Bonchev–Trinajstić information content (AvgIpc) is 2.51. The molecule has 1 fully saturated rings. The Morgan fingerprint density at radius 2 is 2.54 bits per heavy atom. The number of aromatic nitrogens is 3. The zero-order valence-electron chi connectivity index (χ0n) is 7.85. The number of nitrogens with two attached hydrogens (primary N) is 1. The van der Waals surface area contributed by atoms with E-state index in [1.54, 1.807) is 0 Å². The van der Waals surface area contributed by atoms with Crippen LogP contribution in [0, 0.1) is 0 Å². The molecule has 0 bridgehead atoms. The average molecular weight is 181 g/mol. The lowest BCUT2D eigenvalue weighted by Crippen LogP contribution is -2.52. The molecule has 2 rings (SSSR count). The largest absolute Gasteiger partial charge is 0.351 e. The van der Waals surface area contributed by atoms with Gasteiger partial charge in [0, 0.05) is 25.7 Å². The van der Waals surface area contributed by atoms with Gasteiger partial charge in [0.05, 0.1) is 6.20 Å². The maximum atomic E-state index is 5.63. The van der Waals surface area contributed by atoms with Gasteiger partial charge in [0.25, 0.3) is 0 Å². The van der Waals surface area contributed by atoms with E-state index in [0.29, 0.717) is 6.04 Å². The van der Waals surface area contributed by atoms with E-state index < -0.39 is 0 Å².